The zero-order valence-corrected chi connectivity index (χ0v) is 13.6. The average molecular weight is 288 g/mol. The van der Waals surface area contributed by atoms with Gasteiger partial charge in [-0.15, -0.1) is 0 Å². The third-order valence-electron chi connectivity index (χ3n) is 5.11. The van der Waals surface area contributed by atoms with Crippen molar-refractivity contribution in [2.45, 2.75) is 51.2 Å². The van der Waals surface area contributed by atoms with Gasteiger partial charge in [0.1, 0.15) is 11.4 Å². The number of nitrogens with one attached hydrogen (secondary N) is 1. The molecule has 1 aromatic carbocycles. The van der Waals surface area contributed by atoms with Gasteiger partial charge in [0.2, 0.25) is 0 Å². The molecular weight excluding hydrogens is 260 g/mol. The number of likely N-dealkylation sites (tertiary alicyclic amines) is 1. The van der Waals surface area contributed by atoms with Crippen LogP contribution >= 0.6 is 0 Å². The molecule has 1 spiro atoms. The fourth-order valence-electron chi connectivity index (χ4n) is 3.70. The van der Waals surface area contributed by atoms with Crippen molar-refractivity contribution in [3.8, 4) is 5.75 Å². The van der Waals surface area contributed by atoms with Crippen LogP contribution in [0.1, 0.15) is 50.3 Å². The summed E-state index contributed by atoms with van der Waals surface area (Å²) in [5, 5.41) is 3.68. The van der Waals surface area contributed by atoms with Crippen molar-refractivity contribution in [1.82, 2.24) is 10.2 Å². The van der Waals surface area contributed by atoms with E-state index in [0.717, 1.165) is 51.1 Å². The third kappa shape index (κ3) is 2.95. The van der Waals surface area contributed by atoms with Gasteiger partial charge >= 0.3 is 0 Å². The lowest BCUT2D eigenvalue weighted by Crippen LogP contribution is -2.51. The van der Waals surface area contributed by atoms with Crippen LogP contribution in [0.2, 0.25) is 0 Å². The topological polar surface area (TPSA) is 24.5 Å². The van der Waals surface area contributed by atoms with Crippen molar-refractivity contribution < 1.29 is 4.74 Å². The van der Waals surface area contributed by atoms with Crippen molar-refractivity contribution in [3.05, 3.63) is 29.3 Å². The summed E-state index contributed by atoms with van der Waals surface area (Å²) < 4.78 is 6.52. The molecule has 1 fully saturated rings. The lowest BCUT2D eigenvalue weighted by molar-refractivity contribution is -0.0201. The SMILES string of the molecule is CCNC1CC2(CCN(C)CC2)Oc2ccc(CC)cc21. The minimum atomic E-state index is 0.0417. The van der Waals surface area contributed by atoms with Gasteiger partial charge < -0.3 is 15.0 Å². The number of hydrogen-bond acceptors (Lipinski definition) is 3. The Balaban J connectivity index is 1.90. The van der Waals surface area contributed by atoms with Gasteiger partial charge in [-0.2, -0.15) is 0 Å². The molecular formula is C18H28N2O. The predicted octanol–water partition coefficient (Wildman–Crippen LogP) is 3.15. The first kappa shape index (κ1) is 14.9. The van der Waals surface area contributed by atoms with E-state index in [1.165, 1.54) is 11.1 Å². The molecule has 3 nitrogen and oxygen atoms in total. The number of nitrogens with zero attached hydrogens (tertiary/aromatic N) is 1. The van der Waals surface area contributed by atoms with E-state index in [1.807, 2.05) is 0 Å². The molecule has 0 aromatic heterocycles. The highest BCUT2D eigenvalue weighted by molar-refractivity contribution is 5.42. The first-order valence-corrected chi connectivity index (χ1v) is 8.39. The molecule has 1 aromatic rings. The Morgan fingerprint density at radius 3 is 2.71 bits per heavy atom. The lowest BCUT2D eigenvalue weighted by atomic mass is 9.80. The Morgan fingerprint density at radius 2 is 2.05 bits per heavy atom. The van der Waals surface area contributed by atoms with Gasteiger partial charge in [-0.1, -0.05) is 26.0 Å². The normalized spacial score (nSPS) is 24.6. The van der Waals surface area contributed by atoms with Crippen LogP contribution in [-0.4, -0.2) is 37.2 Å². The fourth-order valence-corrected chi connectivity index (χ4v) is 3.70. The van der Waals surface area contributed by atoms with E-state index >= 15 is 0 Å². The maximum absolute atomic E-state index is 6.52. The minimum Gasteiger partial charge on any atom is -0.487 e. The van der Waals surface area contributed by atoms with Crippen LogP contribution in [0.5, 0.6) is 5.75 Å². The van der Waals surface area contributed by atoms with E-state index in [4.69, 9.17) is 4.74 Å². The summed E-state index contributed by atoms with van der Waals surface area (Å²) in [5.74, 6) is 1.11. The summed E-state index contributed by atoms with van der Waals surface area (Å²) in [4.78, 5) is 2.41. The summed E-state index contributed by atoms with van der Waals surface area (Å²) in [7, 11) is 2.21. The number of ether oxygens (including phenoxy) is 1. The molecule has 2 aliphatic heterocycles. The number of hydrogen-bond donors (Lipinski definition) is 1. The summed E-state index contributed by atoms with van der Waals surface area (Å²) >= 11 is 0. The molecule has 0 bridgehead atoms. The second kappa shape index (κ2) is 5.98. The van der Waals surface area contributed by atoms with E-state index in [1.54, 1.807) is 0 Å². The van der Waals surface area contributed by atoms with Gasteiger partial charge in [0.15, 0.2) is 0 Å². The lowest BCUT2D eigenvalue weighted by Gasteiger charge is -2.46. The van der Waals surface area contributed by atoms with Crippen LogP contribution < -0.4 is 10.1 Å². The zero-order valence-electron chi connectivity index (χ0n) is 13.6. The van der Waals surface area contributed by atoms with Gasteiger partial charge in [0.05, 0.1) is 0 Å². The van der Waals surface area contributed by atoms with Crippen LogP contribution in [0, 0.1) is 0 Å². The predicted molar refractivity (Wildman–Crippen MR) is 86.9 cm³/mol. The van der Waals surface area contributed by atoms with Crippen molar-refractivity contribution in [3.63, 3.8) is 0 Å². The summed E-state index contributed by atoms with van der Waals surface area (Å²) in [6.45, 7) is 7.70. The molecule has 2 heterocycles. The van der Waals surface area contributed by atoms with E-state index in [0.29, 0.717) is 6.04 Å². The highest BCUT2D eigenvalue weighted by Crippen LogP contribution is 2.44. The molecule has 3 heteroatoms. The first-order valence-electron chi connectivity index (χ1n) is 8.39. The molecule has 3 rings (SSSR count). The van der Waals surface area contributed by atoms with Gasteiger partial charge in [-0.25, -0.2) is 0 Å². The van der Waals surface area contributed by atoms with Crippen molar-refractivity contribution in [2.24, 2.45) is 0 Å². The fraction of sp³-hybridized carbons (Fsp3) is 0.667. The Bertz CT molecular complexity index is 492. The molecule has 1 unspecified atom stereocenters. The Kier molecular flexibility index (Phi) is 4.23. The number of piperidine rings is 1. The molecule has 21 heavy (non-hydrogen) atoms. The third-order valence-corrected chi connectivity index (χ3v) is 5.11. The van der Waals surface area contributed by atoms with E-state index in [9.17, 15) is 0 Å². The molecule has 116 valence electrons. The monoisotopic (exact) mass is 288 g/mol. The van der Waals surface area contributed by atoms with Crippen LogP contribution in [0.4, 0.5) is 0 Å². The number of benzene rings is 1. The maximum atomic E-state index is 6.52. The zero-order chi connectivity index (χ0) is 14.9. The summed E-state index contributed by atoms with van der Waals surface area (Å²) in [6.07, 6.45) is 4.47. The van der Waals surface area contributed by atoms with Crippen LogP contribution in [0.3, 0.4) is 0 Å². The minimum absolute atomic E-state index is 0.0417. The van der Waals surface area contributed by atoms with Gasteiger partial charge in [0, 0.05) is 31.1 Å². The molecule has 0 aliphatic carbocycles. The molecule has 0 amide bonds. The maximum Gasteiger partial charge on any atom is 0.124 e. The second-order valence-corrected chi connectivity index (χ2v) is 6.63. The summed E-state index contributed by atoms with van der Waals surface area (Å²) in [6, 6.07) is 7.19. The standard InChI is InChI=1S/C18H28N2O/c1-4-14-6-7-17-15(12-14)16(19-5-2)13-18(21-17)8-10-20(3)11-9-18/h6-7,12,16,19H,4-5,8-11,13H2,1-3H3. The largest absolute Gasteiger partial charge is 0.487 e. The molecule has 0 radical (unpaired) electrons. The molecule has 2 aliphatic rings. The Morgan fingerprint density at radius 1 is 1.29 bits per heavy atom. The molecule has 0 saturated carbocycles. The smallest absolute Gasteiger partial charge is 0.124 e. The highest BCUT2D eigenvalue weighted by Gasteiger charge is 2.42. The van der Waals surface area contributed by atoms with Gasteiger partial charge in [-0.05, 0) is 44.5 Å². The van der Waals surface area contributed by atoms with E-state index in [2.05, 4.69) is 49.3 Å². The van der Waals surface area contributed by atoms with E-state index in [-0.39, 0.29) is 5.60 Å². The number of rotatable bonds is 3. The summed E-state index contributed by atoms with van der Waals surface area (Å²) in [5.41, 5.74) is 2.81. The van der Waals surface area contributed by atoms with Gasteiger partial charge in [0.25, 0.3) is 0 Å². The van der Waals surface area contributed by atoms with Crippen LogP contribution in [0.25, 0.3) is 0 Å². The molecule has 1 atom stereocenters. The van der Waals surface area contributed by atoms with Crippen LogP contribution in [-0.2, 0) is 6.42 Å². The second-order valence-electron chi connectivity index (χ2n) is 6.63. The van der Waals surface area contributed by atoms with Crippen molar-refractivity contribution >= 4 is 0 Å². The van der Waals surface area contributed by atoms with E-state index < -0.39 is 0 Å². The number of aryl methyl sites for hydroxylation is 1. The Hall–Kier alpha value is -1.06. The van der Waals surface area contributed by atoms with Gasteiger partial charge in [-0.3, -0.25) is 0 Å². The highest BCUT2D eigenvalue weighted by atomic mass is 16.5. The van der Waals surface area contributed by atoms with Crippen LogP contribution in [0.15, 0.2) is 18.2 Å². The van der Waals surface area contributed by atoms with Crippen molar-refractivity contribution in [2.75, 3.05) is 26.7 Å². The average Bonchev–Trinajstić information content (AvgIpc) is 2.50. The first-order chi connectivity index (χ1) is 10.2. The quantitative estimate of drug-likeness (QED) is 0.924. The molecule has 1 saturated heterocycles. The Labute approximate surface area is 128 Å². The van der Waals surface area contributed by atoms with Crippen molar-refractivity contribution in [1.29, 1.82) is 0 Å². The number of fused-ring (bicyclic) bond motifs is 1. The molecule has 1 N–H and O–H groups in total.